The van der Waals surface area contributed by atoms with Crippen LogP contribution < -0.4 is 0 Å². The Bertz CT molecular complexity index is 608. The van der Waals surface area contributed by atoms with Gasteiger partial charge in [-0.25, -0.2) is 0 Å². The van der Waals surface area contributed by atoms with Crippen molar-refractivity contribution in [2.75, 3.05) is 12.8 Å². The van der Waals surface area contributed by atoms with Crippen molar-refractivity contribution < 1.29 is 0 Å². The van der Waals surface area contributed by atoms with Gasteiger partial charge in [-0.15, -0.1) is 23.5 Å². The average molecular weight is 299 g/mol. The highest BCUT2D eigenvalue weighted by Gasteiger charge is 2.16. The molecule has 0 spiro atoms. The normalized spacial score (nSPS) is 17.6. The third-order valence-electron chi connectivity index (χ3n) is 3.36. The molecule has 0 aliphatic carbocycles. The molecule has 0 radical (unpaired) electrons. The fourth-order valence-corrected chi connectivity index (χ4v) is 3.97. The molecule has 0 amide bonds. The average Bonchev–Trinajstić information content (AvgIpc) is 2.69. The van der Waals surface area contributed by atoms with Crippen LogP contribution >= 0.6 is 23.5 Å². The molecule has 1 aliphatic rings. The number of thioether (sulfide) groups is 2. The molecule has 1 nitrogen and oxygen atoms in total. The molecule has 1 aliphatic heterocycles. The van der Waals surface area contributed by atoms with Gasteiger partial charge in [0.15, 0.2) is 0 Å². The summed E-state index contributed by atoms with van der Waals surface area (Å²) in [6.45, 7) is 0.892. The highest BCUT2D eigenvalue weighted by Crippen LogP contribution is 2.32. The molecule has 0 bridgehead atoms. The smallest absolute Gasteiger partial charge is 0.0515 e. The van der Waals surface area contributed by atoms with Gasteiger partial charge in [0.25, 0.3) is 0 Å². The molecule has 1 heterocycles. The van der Waals surface area contributed by atoms with Crippen molar-refractivity contribution in [3.8, 4) is 0 Å². The summed E-state index contributed by atoms with van der Waals surface area (Å²) < 4.78 is 0. The summed E-state index contributed by atoms with van der Waals surface area (Å²) in [5.41, 5.74) is 2.65. The van der Waals surface area contributed by atoms with Crippen LogP contribution in [0.2, 0.25) is 0 Å². The molecular weight excluding hydrogens is 282 g/mol. The van der Waals surface area contributed by atoms with Crippen LogP contribution in [0.4, 0.5) is 0 Å². The monoisotopic (exact) mass is 299 g/mol. The van der Waals surface area contributed by atoms with Crippen molar-refractivity contribution in [1.29, 1.82) is 0 Å². The quantitative estimate of drug-likeness (QED) is 0.771. The fourth-order valence-electron chi connectivity index (χ4n) is 2.33. The first-order valence-corrected chi connectivity index (χ1v) is 8.84. The van der Waals surface area contributed by atoms with Gasteiger partial charge >= 0.3 is 0 Å². The molecule has 102 valence electrons. The summed E-state index contributed by atoms with van der Waals surface area (Å²) in [4.78, 5) is 7.26. The van der Waals surface area contributed by atoms with Crippen LogP contribution in [0, 0.1) is 0 Å². The molecule has 20 heavy (non-hydrogen) atoms. The van der Waals surface area contributed by atoms with Crippen molar-refractivity contribution in [2.24, 2.45) is 4.99 Å². The molecule has 1 atom stereocenters. The molecule has 0 saturated heterocycles. The lowest BCUT2D eigenvalue weighted by atomic mass is 10.1. The Hall–Kier alpha value is -1.19. The van der Waals surface area contributed by atoms with Crippen molar-refractivity contribution >= 4 is 29.7 Å². The van der Waals surface area contributed by atoms with Gasteiger partial charge < -0.3 is 0 Å². The van der Waals surface area contributed by atoms with Gasteiger partial charge in [0.05, 0.1) is 6.54 Å². The Kier molecular flexibility index (Phi) is 4.48. The van der Waals surface area contributed by atoms with E-state index in [2.05, 4.69) is 59.8 Å². The maximum absolute atomic E-state index is 4.61. The number of fused-ring (bicyclic) bond motifs is 1. The molecule has 2 aromatic carbocycles. The number of nitrogens with zero attached hydrogens (tertiary/aromatic N) is 1. The lowest BCUT2D eigenvalue weighted by molar-refractivity contribution is 0.859. The van der Waals surface area contributed by atoms with Crippen LogP contribution in [0.5, 0.6) is 0 Å². The van der Waals surface area contributed by atoms with Gasteiger partial charge in [0.2, 0.25) is 0 Å². The molecule has 2 aromatic rings. The first kappa shape index (κ1) is 13.8. The van der Waals surface area contributed by atoms with E-state index in [9.17, 15) is 0 Å². The highest BCUT2D eigenvalue weighted by molar-refractivity contribution is 8.00. The second kappa shape index (κ2) is 6.51. The van der Waals surface area contributed by atoms with Gasteiger partial charge in [-0.2, -0.15) is 0 Å². The maximum atomic E-state index is 4.61. The maximum Gasteiger partial charge on any atom is 0.0515 e. The zero-order chi connectivity index (χ0) is 13.8. The number of benzene rings is 2. The van der Waals surface area contributed by atoms with Gasteiger partial charge in [-0.3, -0.25) is 4.99 Å². The third kappa shape index (κ3) is 3.28. The van der Waals surface area contributed by atoms with Gasteiger partial charge in [0, 0.05) is 26.8 Å². The van der Waals surface area contributed by atoms with E-state index in [-0.39, 0.29) is 0 Å². The molecule has 3 rings (SSSR count). The van der Waals surface area contributed by atoms with E-state index in [1.54, 1.807) is 11.8 Å². The fraction of sp³-hybridized carbons (Fsp3) is 0.235. The van der Waals surface area contributed by atoms with Gasteiger partial charge in [-0.1, -0.05) is 30.3 Å². The van der Waals surface area contributed by atoms with Crippen molar-refractivity contribution in [1.82, 2.24) is 0 Å². The minimum Gasteiger partial charge on any atom is -0.291 e. The third-order valence-corrected chi connectivity index (χ3v) is 5.36. The van der Waals surface area contributed by atoms with E-state index < -0.39 is 0 Å². The summed E-state index contributed by atoms with van der Waals surface area (Å²) in [6.07, 6.45) is 5.22. The molecule has 3 heteroatoms. The van der Waals surface area contributed by atoms with Gasteiger partial charge in [-0.05, 0) is 36.4 Å². The van der Waals surface area contributed by atoms with Gasteiger partial charge in [0.1, 0.15) is 0 Å². The number of hydrogen-bond donors (Lipinski definition) is 0. The Morgan fingerprint density at radius 1 is 1.20 bits per heavy atom. The minimum atomic E-state index is 0.523. The minimum absolute atomic E-state index is 0.523. The summed E-state index contributed by atoms with van der Waals surface area (Å²) in [6, 6.07) is 17.4. The lowest BCUT2D eigenvalue weighted by Crippen LogP contribution is -2.10. The summed E-state index contributed by atoms with van der Waals surface area (Å²) in [7, 11) is 0. The SMILES string of the molecule is CSc1ccc2c(c1)C=NCC(Cc1ccccc1)S2. The van der Waals surface area contributed by atoms with E-state index in [0.29, 0.717) is 5.25 Å². The van der Waals surface area contributed by atoms with E-state index in [1.807, 2.05) is 18.0 Å². The van der Waals surface area contributed by atoms with Crippen molar-refractivity contribution in [3.63, 3.8) is 0 Å². The predicted octanol–water partition coefficient (Wildman–Crippen LogP) is 4.54. The second-order valence-electron chi connectivity index (χ2n) is 4.83. The van der Waals surface area contributed by atoms with Crippen LogP contribution in [0.1, 0.15) is 11.1 Å². The predicted molar refractivity (Wildman–Crippen MR) is 90.5 cm³/mol. The molecule has 1 unspecified atom stereocenters. The number of aliphatic imine (C=N–C) groups is 1. The van der Waals surface area contributed by atoms with E-state index in [0.717, 1.165) is 13.0 Å². The van der Waals surface area contributed by atoms with Crippen molar-refractivity contribution in [3.05, 3.63) is 59.7 Å². The zero-order valence-electron chi connectivity index (χ0n) is 11.5. The van der Waals surface area contributed by atoms with Crippen LogP contribution in [0.15, 0.2) is 63.3 Å². The van der Waals surface area contributed by atoms with Crippen LogP contribution in [0.3, 0.4) is 0 Å². The highest BCUT2D eigenvalue weighted by atomic mass is 32.2. The largest absolute Gasteiger partial charge is 0.291 e. The topological polar surface area (TPSA) is 12.4 Å². The summed E-state index contributed by atoms with van der Waals surface area (Å²) in [5, 5.41) is 0.523. The van der Waals surface area contributed by atoms with E-state index in [4.69, 9.17) is 0 Å². The second-order valence-corrected chi connectivity index (χ2v) is 7.05. The molecule has 0 aromatic heterocycles. The van der Waals surface area contributed by atoms with Crippen LogP contribution in [-0.4, -0.2) is 24.3 Å². The molecular formula is C17H17NS2. The first-order valence-electron chi connectivity index (χ1n) is 6.73. The Morgan fingerprint density at radius 2 is 2.05 bits per heavy atom. The molecule has 0 N–H and O–H groups in total. The Morgan fingerprint density at radius 3 is 2.85 bits per heavy atom. The summed E-state index contributed by atoms with van der Waals surface area (Å²) >= 11 is 3.74. The van der Waals surface area contributed by atoms with Crippen molar-refractivity contribution in [2.45, 2.75) is 21.5 Å². The molecule has 0 fully saturated rings. The standard InChI is InChI=1S/C17H17NS2/c1-19-15-7-8-17-14(10-15)11-18-12-16(20-17)9-13-5-3-2-4-6-13/h2-8,10-11,16H,9,12H2,1H3. The Labute approximate surface area is 128 Å². The van der Waals surface area contributed by atoms with Crippen LogP contribution in [0.25, 0.3) is 0 Å². The van der Waals surface area contributed by atoms with E-state index in [1.165, 1.54) is 20.9 Å². The molecule has 0 saturated carbocycles. The number of rotatable bonds is 3. The number of hydrogen-bond acceptors (Lipinski definition) is 3. The first-order chi connectivity index (χ1) is 9.85. The Balaban J connectivity index is 1.79. The zero-order valence-corrected chi connectivity index (χ0v) is 13.1. The van der Waals surface area contributed by atoms with Crippen LogP contribution in [-0.2, 0) is 6.42 Å². The lowest BCUT2D eigenvalue weighted by Gasteiger charge is -2.14. The summed E-state index contributed by atoms with van der Waals surface area (Å²) in [5.74, 6) is 0. The van der Waals surface area contributed by atoms with E-state index >= 15 is 0 Å².